The maximum Gasteiger partial charge on any atom is 0.335 e. The van der Waals surface area contributed by atoms with Crippen LogP contribution in [0.3, 0.4) is 0 Å². The summed E-state index contributed by atoms with van der Waals surface area (Å²) in [5.41, 5.74) is 0.693. The number of carbonyl (C=O) groups is 3. The summed E-state index contributed by atoms with van der Waals surface area (Å²) in [6.45, 7) is 2.92. The first-order valence-electron chi connectivity index (χ1n) is 6.43. The van der Waals surface area contributed by atoms with Crippen molar-refractivity contribution in [2.45, 2.75) is 13.3 Å². The number of nitrogens with one attached hydrogen (secondary N) is 1. The van der Waals surface area contributed by atoms with Gasteiger partial charge in [-0.25, -0.2) is 4.79 Å². The van der Waals surface area contributed by atoms with Crippen molar-refractivity contribution in [3.8, 4) is 0 Å². The van der Waals surface area contributed by atoms with Gasteiger partial charge in [0.15, 0.2) is 0 Å². The Labute approximate surface area is 116 Å². The standard InChI is InChI=1S/C14H16N2O4/c1-2-16-8-10(7-12(16)17)13(18)15-11-5-3-9(4-6-11)14(19)20/h3-6,10H,2,7-8H2,1H3,(H,15,18)(H,19,20). The number of carbonyl (C=O) groups excluding carboxylic acids is 2. The molecular weight excluding hydrogens is 260 g/mol. The molecule has 0 spiro atoms. The molecule has 0 aliphatic carbocycles. The molecule has 1 aliphatic heterocycles. The van der Waals surface area contributed by atoms with Crippen molar-refractivity contribution in [1.29, 1.82) is 0 Å². The predicted molar refractivity (Wildman–Crippen MR) is 72.4 cm³/mol. The van der Waals surface area contributed by atoms with Gasteiger partial charge in [0, 0.05) is 25.2 Å². The number of carboxylic acid groups (broad SMARTS) is 1. The molecule has 106 valence electrons. The average molecular weight is 276 g/mol. The lowest BCUT2D eigenvalue weighted by Gasteiger charge is -2.13. The first-order valence-corrected chi connectivity index (χ1v) is 6.43. The second kappa shape index (κ2) is 5.73. The predicted octanol–water partition coefficient (Wildman–Crippen LogP) is 1.19. The molecule has 1 fully saturated rings. The van der Waals surface area contributed by atoms with E-state index in [1.165, 1.54) is 24.3 Å². The smallest absolute Gasteiger partial charge is 0.335 e. The number of likely N-dealkylation sites (tertiary alicyclic amines) is 1. The summed E-state index contributed by atoms with van der Waals surface area (Å²) in [5.74, 6) is -1.57. The molecule has 20 heavy (non-hydrogen) atoms. The first-order chi connectivity index (χ1) is 9.51. The monoisotopic (exact) mass is 276 g/mol. The average Bonchev–Trinajstić information content (AvgIpc) is 2.80. The van der Waals surface area contributed by atoms with E-state index in [2.05, 4.69) is 5.32 Å². The molecule has 1 aliphatic rings. The van der Waals surface area contributed by atoms with E-state index in [1.54, 1.807) is 4.90 Å². The number of hydrogen-bond donors (Lipinski definition) is 2. The lowest BCUT2D eigenvalue weighted by molar-refractivity contribution is -0.128. The Bertz CT molecular complexity index is 539. The van der Waals surface area contributed by atoms with Gasteiger partial charge in [0.05, 0.1) is 11.5 Å². The van der Waals surface area contributed by atoms with Crippen LogP contribution in [0.2, 0.25) is 0 Å². The lowest BCUT2D eigenvalue weighted by atomic mass is 10.1. The van der Waals surface area contributed by atoms with Gasteiger partial charge in [-0.05, 0) is 31.2 Å². The van der Waals surface area contributed by atoms with Gasteiger partial charge in [0.2, 0.25) is 11.8 Å². The minimum absolute atomic E-state index is 0.00567. The Kier molecular flexibility index (Phi) is 4.02. The van der Waals surface area contributed by atoms with E-state index in [4.69, 9.17) is 5.11 Å². The fraction of sp³-hybridized carbons (Fsp3) is 0.357. The van der Waals surface area contributed by atoms with Crippen LogP contribution in [0.25, 0.3) is 0 Å². The molecule has 0 bridgehead atoms. The van der Waals surface area contributed by atoms with Gasteiger partial charge >= 0.3 is 5.97 Å². The van der Waals surface area contributed by atoms with Crippen molar-refractivity contribution in [2.24, 2.45) is 5.92 Å². The Morgan fingerprint density at radius 1 is 1.35 bits per heavy atom. The molecule has 0 radical (unpaired) electrons. The van der Waals surface area contributed by atoms with Gasteiger partial charge in [0.25, 0.3) is 0 Å². The maximum absolute atomic E-state index is 12.0. The highest BCUT2D eigenvalue weighted by molar-refractivity contribution is 5.97. The molecule has 1 aromatic carbocycles. The molecule has 1 saturated heterocycles. The molecule has 1 atom stereocenters. The molecule has 1 heterocycles. The van der Waals surface area contributed by atoms with Crippen molar-refractivity contribution in [2.75, 3.05) is 18.4 Å². The van der Waals surface area contributed by atoms with Crippen molar-refractivity contribution < 1.29 is 19.5 Å². The van der Waals surface area contributed by atoms with Crippen LogP contribution in [0.4, 0.5) is 5.69 Å². The lowest BCUT2D eigenvalue weighted by Crippen LogP contribution is -2.28. The van der Waals surface area contributed by atoms with Crippen molar-refractivity contribution in [3.63, 3.8) is 0 Å². The minimum Gasteiger partial charge on any atom is -0.478 e. The zero-order valence-corrected chi connectivity index (χ0v) is 11.1. The van der Waals surface area contributed by atoms with Gasteiger partial charge < -0.3 is 15.3 Å². The van der Waals surface area contributed by atoms with Crippen molar-refractivity contribution in [1.82, 2.24) is 4.90 Å². The van der Waals surface area contributed by atoms with Crippen LogP contribution in [0.1, 0.15) is 23.7 Å². The van der Waals surface area contributed by atoms with Crippen LogP contribution in [0, 0.1) is 5.92 Å². The molecule has 2 rings (SSSR count). The fourth-order valence-electron chi connectivity index (χ4n) is 2.19. The van der Waals surface area contributed by atoms with Crippen LogP contribution in [-0.4, -0.2) is 40.9 Å². The zero-order valence-electron chi connectivity index (χ0n) is 11.1. The normalized spacial score (nSPS) is 18.1. The second-order valence-electron chi connectivity index (χ2n) is 4.71. The van der Waals surface area contributed by atoms with Crippen LogP contribution >= 0.6 is 0 Å². The first kappa shape index (κ1) is 14.0. The molecular formula is C14H16N2O4. The van der Waals surface area contributed by atoms with E-state index in [0.717, 1.165) is 0 Å². The SMILES string of the molecule is CCN1CC(C(=O)Nc2ccc(C(=O)O)cc2)CC1=O. The van der Waals surface area contributed by atoms with Crippen LogP contribution in [0.5, 0.6) is 0 Å². The number of amides is 2. The van der Waals surface area contributed by atoms with Crippen LogP contribution in [0.15, 0.2) is 24.3 Å². The Morgan fingerprint density at radius 3 is 2.50 bits per heavy atom. The van der Waals surface area contributed by atoms with E-state index >= 15 is 0 Å². The summed E-state index contributed by atoms with van der Waals surface area (Å²) in [4.78, 5) is 36.0. The van der Waals surface area contributed by atoms with Gasteiger partial charge in [-0.15, -0.1) is 0 Å². The number of hydrogen-bond acceptors (Lipinski definition) is 3. The summed E-state index contributed by atoms with van der Waals surface area (Å²) in [6, 6.07) is 5.93. The zero-order chi connectivity index (χ0) is 14.7. The molecule has 0 aromatic heterocycles. The third kappa shape index (κ3) is 2.96. The van der Waals surface area contributed by atoms with Crippen LogP contribution in [-0.2, 0) is 9.59 Å². The highest BCUT2D eigenvalue weighted by Crippen LogP contribution is 2.19. The Balaban J connectivity index is 1.98. The largest absolute Gasteiger partial charge is 0.478 e. The Morgan fingerprint density at radius 2 is 2.00 bits per heavy atom. The summed E-state index contributed by atoms with van der Waals surface area (Å²) in [6.07, 6.45) is 0.229. The summed E-state index contributed by atoms with van der Waals surface area (Å²) >= 11 is 0. The van der Waals surface area contributed by atoms with Crippen molar-refractivity contribution >= 4 is 23.5 Å². The molecule has 6 nitrogen and oxygen atoms in total. The molecule has 0 saturated carbocycles. The number of carboxylic acids is 1. The maximum atomic E-state index is 12.0. The number of benzene rings is 1. The molecule has 1 unspecified atom stereocenters. The number of anilines is 1. The second-order valence-corrected chi connectivity index (χ2v) is 4.71. The third-order valence-corrected chi connectivity index (χ3v) is 3.37. The minimum atomic E-state index is -1.01. The van der Waals surface area contributed by atoms with E-state index in [1.807, 2.05) is 6.92 Å². The number of nitrogens with zero attached hydrogens (tertiary/aromatic N) is 1. The highest BCUT2D eigenvalue weighted by Gasteiger charge is 2.33. The quantitative estimate of drug-likeness (QED) is 0.865. The van der Waals surface area contributed by atoms with Gasteiger partial charge in [-0.2, -0.15) is 0 Å². The van der Waals surface area contributed by atoms with Gasteiger partial charge in [0.1, 0.15) is 0 Å². The van der Waals surface area contributed by atoms with Gasteiger partial charge in [-0.3, -0.25) is 9.59 Å². The van der Waals surface area contributed by atoms with E-state index in [0.29, 0.717) is 18.8 Å². The number of aromatic carboxylic acids is 1. The topological polar surface area (TPSA) is 86.7 Å². The third-order valence-electron chi connectivity index (χ3n) is 3.37. The molecule has 6 heteroatoms. The summed E-state index contributed by atoms with van der Waals surface area (Å²) < 4.78 is 0. The van der Waals surface area contributed by atoms with Crippen molar-refractivity contribution in [3.05, 3.63) is 29.8 Å². The molecule has 2 N–H and O–H groups in total. The highest BCUT2D eigenvalue weighted by atomic mass is 16.4. The molecule has 1 aromatic rings. The number of rotatable bonds is 4. The van der Waals surface area contributed by atoms with Gasteiger partial charge in [-0.1, -0.05) is 0 Å². The summed E-state index contributed by atoms with van der Waals surface area (Å²) in [7, 11) is 0. The Hall–Kier alpha value is -2.37. The van der Waals surface area contributed by atoms with E-state index in [-0.39, 0.29) is 29.7 Å². The molecule has 2 amide bonds. The fourth-order valence-corrected chi connectivity index (χ4v) is 2.19. The summed E-state index contributed by atoms with van der Waals surface area (Å²) in [5, 5.41) is 11.5. The van der Waals surface area contributed by atoms with E-state index in [9.17, 15) is 14.4 Å². The van der Waals surface area contributed by atoms with Crippen LogP contribution < -0.4 is 5.32 Å². The van der Waals surface area contributed by atoms with E-state index < -0.39 is 5.97 Å².